The summed E-state index contributed by atoms with van der Waals surface area (Å²) in [4.78, 5) is 32.1. The van der Waals surface area contributed by atoms with Gasteiger partial charge < -0.3 is 10.3 Å². The van der Waals surface area contributed by atoms with Crippen LogP contribution in [0, 0.1) is 13.8 Å². The smallest absolute Gasteiger partial charge is 0.266 e. The first kappa shape index (κ1) is 14.9. The SMILES string of the molecule is Cc1ccc(NC(=O)c2sc3nc[nH]c(=O)c3c2C)c(Br)c1. The Balaban J connectivity index is 2.01. The van der Waals surface area contributed by atoms with Gasteiger partial charge in [-0.15, -0.1) is 11.3 Å². The second-order valence-electron chi connectivity index (χ2n) is 4.91. The maximum Gasteiger partial charge on any atom is 0.266 e. The first-order chi connectivity index (χ1) is 10.5. The van der Waals surface area contributed by atoms with E-state index < -0.39 is 0 Å². The summed E-state index contributed by atoms with van der Waals surface area (Å²) in [5.41, 5.74) is 2.21. The lowest BCUT2D eigenvalue weighted by atomic mass is 10.2. The van der Waals surface area contributed by atoms with Crippen LogP contribution in [0.1, 0.15) is 20.8 Å². The molecule has 0 radical (unpaired) electrons. The Hall–Kier alpha value is -1.99. The fourth-order valence-corrected chi connectivity index (χ4v) is 3.83. The highest BCUT2D eigenvalue weighted by Gasteiger charge is 2.18. The predicted octanol–water partition coefficient (Wildman–Crippen LogP) is 3.62. The third kappa shape index (κ3) is 2.57. The van der Waals surface area contributed by atoms with Crippen molar-refractivity contribution in [3.8, 4) is 0 Å². The quantitative estimate of drug-likeness (QED) is 0.715. The summed E-state index contributed by atoms with van der Waals surface area (Å²) in [6.07, 6.45) is 1.35. The number of carbonyl (C=O) groups excluding carboxylic acids is 1. The average Bonchev–Trinajstić information content (AvgIpc) is 2.80. The molecule has 0 spiro atoms. The number of amides is 1. The van der Waals surface area contributed by atoms with E-state index in [4.69, 9.17) is 0 Å². The molecule has 0 atom stereocenters. The summed E-state index contributed by atoms with van der Waals surface area (Å²) in [5.74, 6) is -0.246. The van der Waals surface area contributed by atoms with Crippen LogP contribution in [0.2, 0.25) is 0 Å². The number of H-pyrrole nitrogens is 1. The minimum Gasteiger partial charge on any atom is -0.320 e. The van der Waals surface area contributed by atoms with Crippen molar-refractivity contribution >= 4 is 49.1 Å². The van der Waals surface area contributed by atoms with Gasteiger partial charge in [0.1, 0.15) is 4.83 Å². The molecule has 0 aliphatic rings. The van der Waals surface area contributed by atoms with Gasteiger partial charge in [-0.3, -0.25) is 9.59 Å². The number of carbonyl (C=O) groups is 1. The third-order valence-corrected chi connectivity index (χ3v) is 5.17. The molecule has 0 bridgehead atoms. The number of aromatic nitrogens is 2. The van der Waals surface area contributed by atoms with Gasteiger partial charge in [0.25, 0.3) is 11.5 Å². The molecule has 3 aromatic rings. The van der Waals surface area contributed by atoms with E-state index in [9.17, 15) is 9.59 Å². The number of aryl methyl sites for hydroxylation is 2. The summed E-state index contributed by atoms with van der Waals surface area (Å²) in [5, 5.41) is 3.33. The molecule has 3 rings (SSSR count). The van der Waals surface area contributed by atoms with E-state index in [0.29, 0.717) is 26.3 Å². The van der Waals surface area contributed by atoms with Crippen molar-refractivity contribution in [3.63, 3.8) is 0 Å². The van der Waals surface area contributed by atoms with Crippen LogP contribution in [0.5, 0.6) is 0 Å². The number of rotatable bonds is 2. The largest absolute Gasteiger partial charge is 0.320 e. The van der Waals surface area contributed by atoms with Gasteiger partial charge in [-0.1, -0.05) is 6.07 Å². The average molecular weight is 378 g/mol. The normalized spacial score (nSPS) is 10.9. The second kappa shape index (κ2) is 5.66. The molecule has 22 heavy (non-hydrogen) atoms. The number of hydrogen-bond donors (Lipinski definition) is 2. The lowest BCUT2D eigenvalue weighted by molar-refractivity contribution is 0.103. The van der Waals surface area contributed by atoms with Crippen molar-refractivity contribution in [2.75, 3.05) is 5.32 Å². The molecule has 0 unspecified atom stereocenters. The zero-order chi connectivity index (χ0) is 15.9. The summed E-state index contributed by atoms with van der Waals surface area (Å²) >= 11 is 4.65. The van der Waals surface area contributed by atoms with Crippen LogP contribution in [-0.4, -0.2) is 15.9 Å². The summed E-state index contributed by atoms with van der Waals surface area (Å²) in [6.45, 7) is 3.74. The molecule has 1 amide bonds. The molecule has 1 aromatic carbocycles. The monoisotopic (exact) mass is 377 g/mol. The molecule has 2 heterocycles. The Morgan fingerprint density at radius 3 is 2.82 bits per heavy atom. The van der Waals surface area contributed by atoms with Gasteiger partial charge in [-0.05, 0) is 53.0 Å². The van der Waals surface area contributed by atoms with Gasteiger partial charge in [-0.2, -0.15) is 0 Å². The molecule has 0 fully saturated rings. The van der Waals surface area contributed by atoms with Gasteiger partial charge >= 0.3 is 0 Å². The fraction of sp³-hybridized carbons (Fsp3) is 0.133. The number of hydrogen-bond acceptors (Lipinski definition) is 4. The molecular weight excluding hydrogens is 366 g/mol. The summed E-state index contributed by atoms with van der Waals surface area (Å²) in [6, 6.07) is 5.69. The molecule has 0 aliphatic carbocycles. The Morgan fingerprint density at radius 2 is 2.14 bits per heavy atom. The maximum atomic E-state index is 12.5. The highest BCUT2D eigenvalue weighted by atomic mass is 79.9. The molecule has 0 saturated heterocycles. The first-order valence-electron chi connectivity index (χ1n) is 6.51. The molecule has 2 N–H and O–H groups in total. The molecule has 0 aliphatic heterocycles. The van der Waals surface area contributed by atoms with Crippen molar-refractivity contribution in [1.29, 1.82) is 0 Å². The van der Waals surface area contributed by atoms with Crippen molar-refractivity contribution in [3.05, 3.63) is 55.4 Å². The van der Waals surface area contributed by atoms with Crippen LogP contribution in [0.4, 0.5) is 5.69 Å². The molecule has 2 aromatic heterocycles. The topological polar surface area (TPSA) is 74.8 Å². The lowest BCUT2D eigenvalue weighted by Crippen LogP contribution is -2.12. The summed E-state index contributed by atoms with van der Waals surface area (Å²) < 4.78 is 0.815. The minimum absolute atomic E-state index is 0.227. The van der Waals surface area contributed by atoms with Gasteiger partial charge in [0.15, 0.2) is 0 Å². The van der Waals surface area contributed by atoms with Crippen LogP contribution in [0.3, 0.4) is 0 Å². The molecule has 7 heteroatoms. The van der Waals surface area contributed by atoms with Gasteiger partial charge in [0, 0.05) is 4.47 Å². The Labute approximate surface area is 138 Å². The van der Waals surface area contributed by atoms with Crippen molar-refractivity contribution in [2.45, 2.75) is 13.8 Å². The van der Waals surface area contributed by atoms with Crippen LogP contribution in [-0.2, 0) is 0 Å². The standard InChI is InChI=1S/C15H12BrN3O2S/c1-7-3-4-10(9(16)5-7)19-14(21)12-8(2)11-13(20)17-6-18-15(11)22-12/h3-6H,1-2H3,(H,19,21)(H,17,18,20). The number of aromatic amines is 1. The number of thiophene rings is 1. The minimum atomic E-state index is -0.246. The second-order valence-corrected chi connectivity index (χ2v) is 6.76. The van der Waals surface area contributed by atoms with Crippen molar-refractivity contribution in [1.82, 2.24) is 9.97 Å². The van der Waals surface area contributed by atoms with Crippen molar-refractivity contribution < 1.29 is 4.79 Å². The van der Waals surface area contributed by atoms with E-state index in [1.165, 1.54) is 17.7 Å². The summed E-state index contributed by atoms with van der Waals surface area (Å²) in [7, 11) is 0. The lowest BCUT2D eigenvalue weighted by Gasteiger charge is -2.07. The molecule has 5 nitrogen and oxygen atoms in total. The van der Waals surface area contributed by atoms with Gasteiger partial charge in [0.05, 0.1) is 22.3 Å². The van der Waals surface area contributed by atoms with Crippen LogP contribution < -0.4 is 10.9 Å². The Kier molecular flexibility index (Phi) is 3.84. The van der Waals surface area contributed by atoms with E-state index in [1.54, 1.807) is 6.92 Å². The Bertz CT molecular complexity index is 946. The number of nitrogens with one attached hydrogen (secondary N) is 2. The molecule has 112 valence electrons. The van der Waals surface area contributed by atoms with E-state index >= 15 is 0 Å². The zero-order valence-electron chi connectivity index (χ0n) is 11.9. The van der Waals surface area contributed by atoms with Crippen LogP contribution in [0.15, 0.2) is 33.8 Å². The number of nitrogens with zero attached hydrogens (tertiary/aromatic N) is 1. The van der Waals surface area contributed by atoms with Gasteiger partial charge in [-0.25, -0.2) is 4.98 Å². The van der Waals surface area contributed by atoms with E-state index in [1.807, 2.05) is 25.1 Å². The number of fused-ring (bicyclic) bond motifs is 1. The molecule has 0 saturated carbocycles. The van der Waals surface area contributed by atoms with Gasteiger partial charge in [0.2, 0.25) is 0 Å². The van der Waals surface area contributed by atoms with Crippen LogP contribution in [0.25, 0.3) is 10.2 Å². The maximum absolute atomic E-state index is 12.5. The van der Waals surface area contributed by atoms with E-state index in [2.05, 4.69) is 31.2 Å². The third-order valence-electron chi connectivity index (χ3n) is 3.31. The highest BCUT2D eigenvalue weighted by molar-refractivity contribution is 9.10. The predicted molar refractivity (Wildman–Crippen MR) is 91.8 cm³/mol. The van der Waals surface area contributed by atoms with E-state index in [0.717, 1.165) is 10.0 Å². The Morgan fingerprint density at radius 1 is 1.36 bits per heavy atom. The first-order valence-corrected chi connectivity index (χ1v) is 8.12. The molecular formula is C15H12BrN3O2S. The number of benzene rings is 1. The number of halogens is 1. The number of anilines is 1. The zero-order valence-corrected chi connectivity index (χ0v) is 14.3. The van der Waals surface area contributed by atoms with Crippen molar-refractivity contribution in [2.24, 2.45) is 0 Å². The van der Waals surface area contributed by atoms with E-state index in [-0.39, 0.29) is 11.5 Å². The fourth-order valence-electron chi connectivity index (χ4n) is 2.20. The highest BCUT2D eigenvalue weighted by Crippen LogP contribution is 2.29. The van der Waals surface area contributed by atoms with Crippen LogP contribution >= 0.6 is 27.3 Å².